The van der Waals surface area contributed by atoms with Crippen molar-refractivity contribution in [1.29, 1.82) is 0 Å². The van der Waals surface area contributed by atoms with Crippen molar-refractivity contribution in [1.82, 2.24) is 5.43 Å². The zero-order chi connectivity index (χ0) is 16.7. The number of rotatable bonds is 6. The third-order valence-electron chi connectivity index (χ3n) is 2.88. The number of amides is 2. The SMILES string of the molecule is COc1ccc(NC(=O)C/C(C)=N/NC(=O)c2ccco2)cc1. The lowest BCUT2D eigenvalue weighted by Crippen LogP contribution is -2.21. The highest BCUT2D eigenvalue weighted by Crippen LogP contribution is 2.15. The monoisotopic (exact) mass is 315 g/mol. The molecule has 0 bridgehead atoms. The number of hydrazone groups is 1. The van der Waals surface area contributed by atoms with Gasteiger partial charge in [0.2, 0.25) is 5.91 Å². The number of methoxy groups -OCH3 is 1. The number of carbonyl (C=O) groups is 2. The summed E-state index contributed by atoms with van der Waals surface area (Å²) in [7, 11) is 1.57. The molecule has 1 aromatic carbocycles. The van der Waals surface area contributed by atoms with Crippen molar-refractivity contribution >= 4 is 23.2 Å². The summed E-state index contributed by atoms with van der Waals surface area (Å²) in [5.74, 6) is 0.166. The van der Waals surface area contributed by atoms with Crippen LogP contribution in [0.15, 0.2) is 52.2 Å². The lowest BCUT2D eigenvalue weighted by atomic mass is 10.2. The zero-order valence-corrected chi connectivity index (χ0v) is 12.8. The number of hydrogen-bond acceptors (Lipinski definition) is 5. The minimum atomic E-state index is -0.468. The highest BCUT2D eigenvalue weighted by molar-refractivity contribution is 6.06. The van der Waals surface area contributed by atoms with E-state index in [1.807, 2.05) is 0 Å². The number of ether oxygens (including phenoxy) is 1. The zero-order valence-electron chi connectivity index (χ0n) is 12.8. The Morgan fingerprint density at radius 2 is 1.96 bits per heavy atom. The van der Waals surface area contributed by atoms with Crippen LogP contribution in [0.1, 0.15) is 23.9 Å². The minimum Gasteiger partial charge on any atom is -0.497 e. The Balaban J connectivity index is 1.83. The molecule has 0 aliphatic carbocycles. The van der Waals surface area contributed by atoms with Crippen LogP contribution in [0.3, 0.4) is 0 Å². The summed E-state index contributed by atoms with van der Waals surface area (Å²) in [6.07, 6.45) is 1.46. The third-order valence-corrected chi connectivity index (χ3v) is 2.88. The number of hydrogen-bond donors (Lipinski definition) is 2. The van der Waals surface area contributed by atoms with Gasteiger partial charge in [0.05, 0.1) is 19.8 Å². The Labute approximate surface area is 133 Å². The molecule has 0 aliphatic rings. The van der Waals surface area contributed by atoms with Gasteiger partial charge in [-0.15, -0.1) is 0 Å². The van der Waals surface area contributed by atoms with Crippen LogP contribution in [0.5, 0.6) is 5.75 Å². The molecule has 23 heavy (non-hydrogen) atoms. The summed E-state index contributed by atoms with van der Waals surface area (Å²) >= 11 is 0. The summed E-state index contributed by atoms with van der Waals surface area (Å²) in [6, 6.07) is 10.1. The molecule has 1 aromatic heterocycles. The first-order valence-electron chi connectivity index (χ1n) is 6.89. The number of benzene rings is 1. The average molecular weight is 315 g/mol. The fourth-order valence-electron chi connectivity index (χ4n) is 1.76. The summed E-state index contributed by atoms with van der Waals surface area (Å²) in [4.78, 5) is 23.5. The van der Waals surface area contributed by atoms with Gasteiger partial charge in [-0.05, 0) is 43.3 Å². The Morgan fingerprint density at radius 1 is 1.22 bits per heavy atom. The second kappa shape index (κ2) is 7.79. The molecular weight excluding hydrogens is 298 g/mol. The molecular formula is C16H17N3O4. The van der Waals surface area contributed by atoms with Gasteiger partial charge in [-0.2, -0.15) is 5.10 Å². The van der Waals surface area contributed by atoms with Crippen molar-refractivity contribution in [2.24, 2.45) is 5.10 Å². The molecule has 0 radical (unpaired) electrons. The quantitative estimate of drug-likeness (QED) is 0.632. The lowest BCUT2D eigenvalue weighted by Gasteiger charge is -2.06. The standard InChI is InChI=1S/C16H17N3O4/c1-11(18-19-16(21)14-4-3-9-23-14)10-15(20)17-12-5-7-13(22-2)8-6-12/h3-9H,10H2,1-2H3,(H,17,20)(H,19,21)/b18-11+. The van der Waals surface area contributed by atoms with Gasteiger partial charge in [0.25, 0.3) is 0 Å². The van der Waals surface area contributed by atoms with Crippen molar-refractivity contribution in [3.63, 3.8) is 0 Å². The van der Waals surface area contributed by atoms with E-state index in [2.05, 4.69) is 15.8 Å². The Kier molecular flexibility index (Phi) is 5.51. The van der Waals surface area contributed by atoms with Gasteiger partial charge >= 0.3 is 5.91 Å². The molecule has 120 valence electrons. The predicted molar refractivity (Wildman–Crippen MR) is 85.5 cm³/mol. The molecule has 7 heteroatoms. The van der Waals surface area contributed by atoms with Crippen molar-refractivity contribution in [2.75, 3.05) is 12.4 Å². The lowest BCUT2D eigenvalue weighted by molar-refractivity contribution is -0.115. The highest BCUT2D eigenvalue weighted by atomic mass is 16.5. The first-order valence-corrected chi connectivity index (χ1v) is 6.89. The van der Waals surface area contributed by atoms with Crippen molar-refractivity contribution in [3.05, 3.63) is 48.4 Å². The fourth-order valence-corrected chi connectivity index (χ4v) is 1.76. The summed E-state index contributed by atoms with van der Waals surface area (Å²) in [5.41, 5.74) is 3.45. The van der Waals surface area contributed by atoms with Crippen molar-refractivity contribution < 1.29 is 18.7 Å². The number of furan rings is 1. The maximum Gasteiger partial charge on any atom is 0.307 e. The van der Waals surface area contributed by atoms with E-state index in [0.717, 1.165) is 0 Å². The van der Waals surface area contributed by atoms with Gasteiger partial charge in [-0.3, -0.25) is 9.59 Å². The van der Waals surface area contributed by atoms with E-state index in [9.17, 15) is 9.59 Å². The van der Waals surface area contributed by atoms with E-state index in [1.54, 1.807) is 44.4 Å². The maximum atomic E-state index is 11.9. The normalized spacial score (nSPS) is 11.0. The van der Waals surface area contributed by atoms with Gasteiger partial charge in [0.1, 0.15) is 5.75 Å². The molecule has 0 atom stereocenters. The van der Waals surface area contributed by atoms with E-state index < -0.39 is 5.91 Å². The smallest absolute Gasteiger partial charge is 0.307 e. The largest absolute Gasteiger partial charge is 0.497 e. The average Bonchev–Trinajstić information content (AvgIpc) is 3.07. The third kappa shape index (κ3) is 4.99. The Morgan fingerprint density at radius 3 is 2.57 bits per heavy atom. The van der Waals surface area contributed by atoms with E-state index in [0.29, 0.717) is 17.1 Å². The number of nitrogens with zero attached hydrogens (tertiary/aromatic N) is 1. The van der Waals surface area contributed by atoms with Gasteiger partial charge in [-0.1, -0.05) is 0 Å². The molecule has 1 heterocycles. The van der Waals surface area contributed by atoms with Crippen molar-refractivity contribution in [3.8, 4) is 5.75 Å². The first kappa shape index (κ1) is 16.3. The summed E-state index contributed by atoms with van der Waals surface area (Å²) in [6.45, 7) is 1.65. The van der Waals surface area contributed by atoms with E-state index >= 15 is 0 Å². The molecule has 0 saturated heterocycles. The van der Waals surface area contributed by atoms with Crippen LogP contribution in [0.4, 0.5) is 5.69 Å². The van der Waals surface area contributed by atoms with Gasteiger partial charge < -0.3 is 14.5 Å². The molecule has 2 N–H and O–H groups in total. The minimum absolute atomic E-state index is 0.0600. The summed E-state index contributed by atoms with van der Waals surface area (Å²) in [5, 5.41) is 6.60. The highest BCUT2D eigenvalue weighted by Gasteiger charge is 2.08. The van der Waals surface area contributed by atoms with Gasteiger partial charge in [0, 0.05) is 11.4 Å². The van der Waals surface area contributed by atoms with Crippen LogP contribution in [0.25, 0.3) is 0 Å². The van der Waals surface area contributed by atoms with E-state index in [4.69, 9.17) is 9.15 Å². The van der Waals surface area contributed by atoms with Crippen LogP contribution < -0.4 is 15.5 Å². The molecule has 0 fully saturated rings. The van der Waals surface area contributed by atoms with Crippen LogP contribution in [0, 0.1) is 0 Å². The molecule has 0 spiro atoms. The van der Waals surface area contributed by atoms with Crippen LogP contribution in [-0.2, 0) is 4.79 Å². The van der Waals surface area contributed by atoms with Crippen LogP contribution >= 0.6 is 0 Å². The summed E-state index contributed by atoms with van der Waals surface area (Å²) < 4.78 is 9.98. The van der Waals surface area contributed by atoms with Crippen molar-refractivity contribution in [2.45, 2.75) is 13.3 Å². The maximum absolute atomic E-state index is 11.9. The Bertz CT molecular complexity index is 691. The molecule has 0 saturated carbocycles. The van der Waals surface area contributed by atoms with Gasteiger partial charge in [-0.25, -0.2) is 5.43 Å². The number of nitrogens with one attached hydrogen (secondary N) is 2. The molecule has 2 rings (SSSR count). The topological polar surface area (TPSA) is 92.9 Å². The van der Waals surface area contributed by atoms with Crippen LogP contribution in [-0.4, -0.2) is 24.6 Å². The fraction of sp³-hybridized carbons (Fsp3) is 0.188. The number of anilines is 1. The molecule has 2 amide bonds. The predicted octanol–water partition coefficient (Wildman–Crippen LogP) is 2.42. The molecule has 0 unspecified atom stereocenters. The van der Waals surface area contributed by atoms with Gasteiger partial charge in [0.15, 0.2) is 5.76 Å². The molecule has 2 aromatic rings. The first-order chi connectivity index (χ1) is 11.1. The molecule has 7 nitrogen and oxygen atoms in total. The van der Waals surface area contributed by atoms with E-state index in [-0.39, 0.29) is 18.1 Å². The second-order valence-corrected chi connectivity index (χ2v) is 4.72. The number of carbonyl (C=O) groups excluding carboxylic acids is 2. The van der Waals surface area contributed by atoms with Crippen LogP contribution in [0.2, 0.25) is 0 Å². The molecule has 0 aliphatic heterocycles. The Hall–Kier alpha value is -3.09. The second-order valence-electron chi connectivity index (χ2n) is 4.72. The van der Waals surface area contributed by atoms with E-state index in [1.165, 1.54) is 12.3 Å².